The summed E-state index contributed by atoms with van der Waals surface area (Å²) < 4.78 is 24.0. The van der Waals surface area contributed by atoms with Crippen molar-refractivity contribution >= 4 is 29.2 Å². The van der Waals surface area contributed by atoms with Crippen LogP contribution in [0.5, 0.6) is 11.5 Å². The smallest absolute Gasteiger partial charge is 0.308 e. The lowest BCUT2D eigenvalue weighted by molar-refractivity contribution is -0.151. The van der Waals surface area contributed by atoms with E-state index < -0.39 is 18.2 Å². The number of carbonyl (C=O) groups excluding carboxylic acids is 2. The van der Waals surface area contributed by atoms with Gasteiger partial charge in [0.1, 0.15) is 12.2 Å². The maximum absolute atomic E-state index is 14.1. The molecule has 1 amide bonds. The molecular formula is C38H49ClN2O6. The average Bonchev–Trinajstić information content (AvgIpc) is 3.13. The summed E-state index contributed by atoms with van der Waals surface area (Å²) in [5.41, 5.74) is 3.17. The number of hydrogen-bond acceptors (Lipinski definition) is 7. The Hall–Kier alpha value is -3.59. The third-order valence-electron chi connectivity index (χ3n) is 7.98. The molecule has 0 spiro atoms. The van der Waals surface area contributed by atoms with Crippen LogP contribution in [0, 0.1) is 5.41 Å². The Morgan fingerprint density at radius 1 is 1.00 bits per heavy atom. The molecule has 1 aliphatic rings. The Balaban J connectivity index is 1.56. The first kappa shape index (κ1) is 36.2. The van der Waals surface area contributed by atoms with Gasteiger partial charge in [-0.2, -0.15) is 0 Å². The molecule has 47 heavy (non-hydrogen) atoms. The number of halogens is 1. The number of rotatable bonds is 15. The number of aryl methyl sites for hydroxylation is 1. The van der Waals surface area contributed by atoms with E-state index in [4.69, 9.17) is 30.5 Å². The molecule has 4 rings (SSSR count). The molecule has 3 aromatic rings. The van der Waals surface area contributed by atoms with E-state index in [1.807, 2.05) is 36.4 Å². The molecule has 0 fully saturated rings. The summed E-state index contributed by atoms with van der Waals surface area (Å²) in [4.78, 5) is 30.8. The lowest BCUT2D eigenvalue weighted by atomic mass is 9.94. The molecule has 0 N–H and O–H groups in total. The highest BCUT2D eigenvalue weighted by atomic mass is 35.5. The van der Waals surface area contributed by atoms with E-state index in [-0.39, 0.29) is 24.3 Å². The summed E-state index contributed by atoms with van der Waals surface area (Å²) in [6.07, 6.45) is 0.917. The van der Waals surface area contributed by atoms with Gasteiger partial charge in [0.05, 0.1) is 26.7 Å². The van der Waals surface area contributed by atoms with Crippen LogP contribution in [0.4, 0.5) is 5.69 Å². The molecule has 8 nitrogen and oxygen atoms in total. The molecule has 0 bridgehead atoms. The summed E-state index contributed by atoms with van der Waals surface area (Å²) >= 11 is 6.55. The van der Waals surface area contributed by atoms with Gasteiger partial charge in [0.25, 0.3) is 5.91 Å². The molecule has 0 radical (unpaired) electrons. The van der Waals surface area contributed by atoms with E-state index in [1.54, 1.807) is 25.0 Å². The van der Waals surface area contributed by atoms with E-state index >= 15 is 0 Å². The van der Waals surface area contributed by atoms with Crippen molar-refractivity contribution in [3.8, 4) is 11.5 Å². The summed E-state index contributed by atoms with van der Waals surface area (Å²) in [6, 6.07) is 21.6. The van der Waals surface area contributed by atoms with E-state index in [0.29, 0.717) is 46.5 Å². The lowest BCUT2D eigenvalue weighted by Crippen LogP contribution is -2.44. The zero-order valence-electron chi connectivity index (χ0n) is 28.6. The van der Waals surface area contributed by atoms with E-state index in [1.165, 1.54) is 5.56 Å². The quantitative estimate of drug-likeness (QED) is 0.123. The van der Waals surface area contributed by atoms with Crippen molar-refractivity contribution in [1.29, 1.82) is 0 Å². The highest BCUT2D eigenvalue weighted by Gasteiger charge is 2.40. The maximum atomic E-state index is 14.1. The molecule has 0 aliphatic carbocycles. The zero-order chi connectivity index (χ0) is 34.0. The summed E-state index contributed by atoms with van der Waals surface area (Å²) in [5, 5.41) is 0.503. The van der Waals surface area contributed by atoms with Crippen molar-refractivity contribution in [1.82, 2.24) is 4.90 Å². The van der Waals surface area contributed by atoms with Crippen molar-refractivity contribution in [2.75, 3.05) is 51.9 Å². The maximum Gasteiger partial charge on any atom is 0.308 e. The number of hydrogen-bond donors (Lipinski definition) is 0. The lowest BCUT2D eigenvalue weighted by Gasteiger charge is -2.31. The standard InChI is InChI=1S/C38H49ClN2O6/c1-7-45-34(42)25-33-37(43)41(26-38(2,3)4)31-20-19-28(39)24-30(31)35(47-33)29-17-11-18-32(36(29)44-6)46-23-13-22-40(5)21-12-16-27-14-9-8-10-15-27/h8-11,14-15,17-20,24,33,35H,7,12-13,16,21-23,25-26H2,1-6H3. The van der Waals surface area contributed by atoms with Crippen molar-refractivity contribution in [2.45, 2.75) is 65.6 Å². The zero-order valence-corrected chi connectivity index (χ0v) is 29.3. The highest BCUT2D eigenvalue weighted by molar-refractivity contribution is 6.30. The van der Waals surface area contributed by atoms with Crippen molar-refractivity contribution in [2.24, 2.45) is 5.41 Å². The third kappa shape index (κ3) is 10.2. The minimum atomic E-state index is -1.08. The molecule has 1 heterocycles. The number of para-hydroxylation sites is 1. The summed E-state index contributed by atoms with van der Waals surface area (Å²) in [7, 11) is 3.73. The van der Waals surface area contributed by atoms with Gasteiger partial charge in [0, 0.05) is 34.9 Å². The number of methoxy groups -OCH3 is 1. The Labute approximate surface area is 284 Å². The van der Waals surface area contributed by atoms with E-state index in [0.717, 1.165) is 32.4 Å². The van der Waals surface area contributed by atoms with E-state index in [9.17, 15) is 9.59 Å². The van der Waals surface area contributed by atoms with Gasteiger partial charge in [0.15, 0.2) is 11.5 Å². The first-order chi connectivity index (χ1) is 22.5. The normalized spacial score (nSPS) is 16.5. The summed E-state index contributed by atoms with van der Waals surface area (Å²) in [5.74, 6) is 0.274. The van der Waals surface area contributed by atoms with Crippen LogP contribution in [0.25, 0.3) is 0 Å². The third-order valence-corrected chi connectivity index (χ3v) is 8.22. The molecule has 0 saturated heterocycles. The van der Waals surface area contributed by atoms with Crippen molar-refractivity contribution in [3.63, 3.8) is 0 Å². The van der Waals surface area contributed by atoms with Gasteiger partial charge in [-0.3, -0.25) is 9.59 Å². The largest absolute Gasteiger partial charge is 0.492 e. The van der Waals surface area contributed by atoms with Crippen LogP contribution in [0.15, 0.2) is 66.7 Å². The minimum absolute atomic E-state index is 0.210. The van der Waals surface area contributed by atoms with Crippen LogP contribution in [-0.2, 0) is 25.5 Å². The first-order valence-electron chi connectivity index (χ1n) is 16.4. The number of carbonyl (C=O) groups is 2. The molecule has 0 saturated carbocycles. The Morgan fingerprint density at radius 2 is 1.74 bits per heavy atom. The topological polar surface area (TPSA) is 77.5 Å². The number of nitrogens with zero attached hydrogens (tertiary/aromatic N) is 2. The fourth-order valence-electron chi connectivity index (χ4n) is 5.85. The molecule has 2 atom stereocenters. The second-order valence-corrected chi connectivity index (χ2v) is 13.6. The number of benzene rings is 3. The van der Waals surface area contributed by atoms with Gasteiger partial charge >= 0.3 is 5.97 Å². The first-order valence-corrected chi connectivity index (χ1v) is 16.8. The molecule has 254 valence electrons. The SMILES string of the molecule is CCOC(=O)CC1OC(c2cccc(OCCCN(C)CCCc3ccccc3)c2OC)c2cc(Cl)ccc2N(CC(C)(C)C)C1=O. The number of esters is 1. The van der Waals surface area contributed by atoms with Gasteiger partial charge in [-0.1, -0.05) is 74.8 Å². The summed E-state index contributed by atoms with van der Waals surface area (Å²) in [6.45, 7) is 10.9. The van der Waals surface area contributed by atoms with Gasteiger partial charge in [-0.25, -0.2) is 0 Å². The van der Waals surface area contributed by atoms with Crippen LogP contribution in [0.3, 0.4) is 0 Å². The fourth-order valence-corrected chi connectivity index (χ4v) is 6.03. The van der Waals surface area contributed by atoms with Gasteiger partial charge in [0.2, 0.25) is 0 Å². The number of amides is 1. The number of ether oxygens (including phenoxy) is 4. The van der Waals surface area contributed by atoms with Gasteiger partial charge in [-0.15, -0.1) is 0 Å². The van der Waals surface area contributed by atoms with Crippen LogP contribution in [0.2, 0.25) is 5.02 Å². The van der Waals surface area contributed by atoms with Crippen LogP contribution >= 0.6 is 11.6 Å². The molecular weight excluding hydrogens is 616 g/mol. The van der Waals surface area contributed by atoms with Gasteiger partial charge in [-0.05, 0) is 75.0 Å². The Morgan fingerprint density at radius 3 is 2.45 bits per heavy atom. The number of anilines is 1. The average molecular weight is 665 g/mol. The number of fused-ring (bicyclic) bond motifs is 1. The molecule has 9 heteroatoms. The molecule has 2 unspecified atom stereocenters. The van der Waals surface area contributed by atoms with Crippen molar-refractivity contribution in [3.05, 3.63) is 88.4 Å². The Kier molecular flexibility index (Phi) is 13.1. The fraction of sp³-hybridized carbons (Fsp3) is 0.474. The van der Waals surface area contributed by atoms with Crippen molar-refractivity contribution < 1.29 is 28.5 Å². The van der Waals surface area contributed by atoms with Crippen LogP contribution in [-0.4, -0.2) is 69.9 Å². The predicted molar refractivity (Wildman–Crippen MR) is 187 cm³/mol. The molecule has 1 aliphatic heterocycles. The van der Waals surface area contributed by atoms with Gasteiger partial charge < -0.3 is 28.7 Å². The monoisotopic (exact) mass is 664 g/mol. The molecule has 3 aromatic carbocycles. The minimum Gasteiger partial charge on any atom is -0.492 e. The highest BCUT2D eigenvalue weighted by Crippen LogP contribution is 2.45. The second kappa shape index (κ2) is 17.0. The van der Waals surface area contributed by atoms with E-state index in [2.05, 4.69) is 57.0 Å². The van der Waals surface area contributed by atoms with Crippen LogP contribution in [0.1, 0.15) is 69.8 Å². The van der Waals surface area contributed by atoms with Crippen LogP contribution < -0.4 is 14.4 Å². The predicted octanol–water partition coefficient (Wildman–Crippen LogP) is 7.50. The Bertz CT molecular complexity index is 1470. The molecule has 0 aromatic heterocycles. The second-order valence-electron chi connectivity index (χ2n) is 13.2.